The first-order chi connectivity index (χ1) is 7.91. The van der Waals surface area contributed by atoms with Gasteiger partial charge in [0.25, 0.3) is 0 Å². The second-order valence-corrected chi connectivity index (χ2v) is 4.67. The van der Waals surface area contributed by atoms with Crippen LogP contribution in [0.25, 0.3) is 0 Å². The van der Waals surface area contributed by atoms with Crippen molar-refractivity contribution in [1.82, 2.24) is 10.9 Å². The summed E-state index contributed by atoms with van der Waals surface area (Å²) in [5.74, 6) is -0.385. The quantitative estimate of drug-likeness (QED) is 0.444. The average molecular weight is 313 g/mol. The van der Waals surface area contributed by atoms with Crippen LogP contribution in [0.1, 0.15) is 5.56 Å². The molecule has 1 rings (SSSR count). The molecule has 0 saturated carbocycles. The third-order valence-corrected chi connectivity index (χ3v) is 3.10. The molecule has 0 spiro atoms. The van der Waals surface area contributed by atoms with Gasteiger partial charge in [0.05, 0.1) is 16.5 Å². The van der Waals surface area contributed by atoms with Crippen LogP contribution in [0.2, 0.25) is 15.1 Å². The molecule has 4 N–H and O–H groups in total. The molecule has 17 heavy (non-hydrogen) atoms. The van der Waals surface area contributed by atoms with Crippen molar-refractivity contribution in [1.29, 1.82) is 0 Å². The lowest BCUT2D eigenvalue weighted by molar-refractivity contribution is -0.121. The fraction of sp³-hybridized carbons (Fsp3) is 0.111. The number of carbonyl (C=O) groups excluding carboxylic acids is 1. The molecule has 0 radical (unpaired) electrons. The third kappa shape index (κ3) is 4.20. The van der Waals surface area contributed by atoms with E-state index in [1.807, 2.05) is 0 Å². The number of hydrazine groups is 1. The fourth-order valence-electron chi connectivity index (χ4n) is 1.07. The lowest BCUT2D eigenvalue weighted by Gasteiger charge is -2.09. The number of carbonyl (C=O) groups is 1. The van der Waals surface area contributed by atoms with Crippen molar-refractivity contribution in [3.8, 4) is 0 Å². The van der Waals surface area contributed by atoms with Gasteiger partial charge in [-0.25, -0.2) is 0 Å². The van der Waals surface area contributed by atoms with Crippen molar-refractivity contribution in [3.63, 3.8) is 0 Å². The number of rotatable bonds is 2. The summed E-state index contributed by atoms with van der Waals surface area (Å²) in [6, 6.07) is 3.13. The Labute approximate surface area is 118 Å². The lowest BCUT2D eigenvalue weighted by atomic mass is 10.1. The summed E-state index contributed by atoms with van der Waals surface area (Å²) in [6.07, 6.45) is -0.0339. The van der Waals surface area contributed by atoms with Crippen molar-refractivity contribution in [2.45, 2.75) is 6.42 Å². The smallest absolute Gasteiger partial charge is 0.242 e. The molecular formula is C9H8Cl3N3OS. The van der Waals surface area contributed by atoms with E-state index in [2.05, 4.69) is 23.1 Å². The summed E-state index contributed by atoms with van der Waals surface area (Å²) >= 11 is 22.2. The maximum Gasteiger partial charge on any atom is 0.242 e. The molecule has 1 aromatic rings. The zero-order valence-corrected chi connectivity index (χ0v) is 11.5. The Hall–Kier alpha value is -0.750. The summed E-state index contributed by atoms with van der Waals surface area (Å²) in [4.78, 5) is 11.5. The van der Waals surface area contributed by atoms with Crippen LogP contribution >= 0.6 is 47.0 Å². The van der Waals surface area contributed by atoms with E-state index in [-0.39, 0.29) is 22.5 Å². The monoisotopic (exact) mass is 311 g/mol. The zero-order valence-electron chi connectivity index (χ0n) is 8.39. The summed E-state index contributed by atoms with van der Waals surface area (Å²) in [5.41, 5.74) is 10.2. The van der Waals surface area contributed by atoms with Gasteiger partial charge in [0, 0.05) is 10.6 Å². The normalized spacial score (nSPS) is 9.82. The standard InChI is InChI=1S/C9H8Cl3N3OS/c10-5-1-2-6(11)8(12)4(5)3-7(16)14-15-9(13)17/h1-2H,3H2,(H,14,16)(H3,13,15,17). The predicted molar refractivity (Wildman–Crippen MR) is 73.2 cm³/mol. The van der Waals surface area contributed by atoms with E-state index >= 15 is 0 Å². The second kappa shape index (κ2) is 6.26. The van der Waals surface area contributed by atoms with Crippen LogP contribution in [0.4, 0.5) is 0 Å². The van der Waals surface area contributed by atoms with Crippen molar-refractivity contribution < 1.29 is 4.79 Å². The van der Waals surface area contributed by atoms with Crippen LogP contribution in [-0.2, 0) is 11.2 Å². The highest BCUT2D eigenvalue weighted by molar-refractivity contribution is 7.80. The van der Waals surface area contributed by atoms with E-state index in [1.54, 1.807) is 12.1 Å². The summed E-state index contributed by atoms with van der Waals surface area (Å²) in [6.45, 7) is 0. The molecule has 0 aromatic heterocycles. The minimum Gasteiger partial charge on any atom is -0.375 e. The van der Waals surface area contributed by atoms with Gasteiger partial charge in [-0.2, -0.15) is 0 Å². The molecule has 92 valence electrons. The van der Waals surface area contributed by atoms with E-state index in [0.29, 0.717) is 15.6 Å². The Kier molecular flexibility index (Phi) is 5.27. The Morgan fingerprint density at radius 1 is 1.24 bits per heavy atom. The Bertz CT molecular complexity index is 467. The lowest BCUT2D eigenvalue weighted by Crippen LogP contribution is -2.45. The van der Waals surface area contributed by atoms with Crippen LogP contribution in [-0.4, -0.2) is 11.0 Å². The van der Waals surface area contributed by atoms with Crippen LogP contribution in [0.15, 0.2) is 12.1 Å². The highest BCUT2D eigenvalue weighted by Gasteiger charge is 2.13. The van der Waals surface area contributed by atoms with Gasteiger partial charge >= 0.3 is 0 Å². The Morgan fingerprint density at radius 3 is 2.41 bits per heavy atom. The van der Waals surface area contributed by atoms with Crippen molar-refractivity contribution in [2.24, 2.45) is 5.73 Å². The number of amides is 1. The van der Waals surface area contributed by atoms with Crippen molar-refractivity contribution in [3.05, 3.63) is 32.8 Å². The molecule has 0 unspecified atom stereocenters. The first kappa shape index (κ1) is 14.3. The molecule has 0 saturated heterocycles. The summed E-state index contributed by atoms with van der Waals surface area (Å²) in [5, 5.41) is 0.914. The van der Waals surface area contributed by atoms with E-state index < -0.39 is 0 Å². The first-order valence-corrected chi connectivity index (χ1v) is 5.92. The van der Waals surface area contributed by atoms with Gasteiger partial charge in [-0.3, -0.25) is 15.6 Å². The van der Waals surface area contributed by atoms with Gasteiger partial charge in [-0.05, 0) is 24.4 Å². The number of thiocarbonyl (C=S) groups is 1. The highest BCUT2D eigenvalue weighted by atomic mass is 35.5. The maximum atomic E-state index is 11.5. The van der Waals surface area contributed by atoms with Crippen molar-refractivity contribution >= 4 is 58.0 Å². The molecule has 4 nitrogen and oxygen atoms in total. The number of hydrogen-bond acceptors (Lipinski definition) is 2. The fourth-order valence-corrected chi connectivity index (χ4v) is 1.80. The van der Waals surface area contributed by atoms with E-state index in [9.17, 15) is 4.79 Å². The molecule has 0 aliphatic heterocycles. The molecule has 0 bridgehead atoms. The average Bonchev–Trinajstić information content (AvgIpc) is 2.27. The summed E-state index contributed by atoms with van der Waals surface area (Å²) in [7, 11) is 0. The Morgan fingerprint density at radius 2 is 1.82 bits per heavy atom. The molecule has 0 atom stereocenters. The van der Waals surface area contributed by atoms with Gasteiger partial charge in [0.15, 0.2) is 5.11 Å². The van der Waals surface area contributed by atoms with Gasteiger partial charge < -0.3 is 5.73 Å². The SMILES string of the molecule is NC(=S)NNC(=O)Cc1c(Cl)ccc(Cl)c1Cl. The van der Waals surface area contributed by atoms with Crippen LogP contribution < -0.4 is 16.6 Å². The van der Waals surface area contributed by atoms with Crippen LogP contribution in [0.5, 0.6) is 0 Å². The predicted octanol–water partition coefficient (Wildman–Crippen LogP) is 2.05. The zero-order chi connectivity index (χ0) is 13.0. The molecule has 0 aliphatic rings. The molecular weight excluding hydrogens is 305 g/mol. The number of benzene rings is 1. The second-order valence-electron chi connectivity index (χ2n) is 3.04. The van der Waals surface area contributed by atoms with Crippen LogP contribution in [0.3, 0.4) is 0 Å². The van der Waals surface area contributed by atoms with Gasteiger partial charge in [-0.1, -0.05) is 34.8 Å². The third-order valence-electron chi connectivity index (χ3n) is 1.80. The van der Waals surface area contributed by atoms with Gasteiger partial charge in [0.2, 0.25) is 5.91 Å². The number of nitrogens with one attached hydrogen (secondary N) is 2. The molecule has 8 heteroatoms. The molecule has 1 aromatic carbocycles. The topological polar surface area (TPSA) is 67.2 Å². The largest absolute Gasteiger partial charge is 0.375 e. The maximum absolute atomic E-state index is 11.5. The van der Waals surface area contributed by atoms with E-state index in [4.69, 9.17) is 40.5 Å². The number of hydrogen-bond donors (Lipinski definition) is 3. The molecule has 0 heterocycles. The van der Waals surface area contributed by atoms with E-state index in [0.717, 1.165) is 0 Å². The van der Waals surface area contributed by atoms with Crippen molar-refractivity contribution in [2.75, 3.05) is 0 Å². The van der Waals surface area contributed by atoms with Crippen LogP contribution in [0, 0.1) is 0 Å². The summed E-state index contributed by atoms with van der Waals surface area (Å²) < 4.78 is 0. The van der Waals surface area contributed by atoms with Gasteiger partial charge in [0.1, 0.15) is 0 Å². The number of halogens is 3. The minimum atomic E-state index is -0.385. The van der Waals surface area contributed by atoms with E-state index in [1.165, 1.54) is 0 Å². The molecule has 1 amide bonds. The molecule has 0 fully saturated rings. The minimum absolute atomic E-state index is 0.0339. The highest BCUT2D eigenvalue weighted by Crippen LogP contribution is 2.31. The Balaban J connectivity index is 2.78. The van der Waals surface area contributed by atoms with Gasteiger partial charge in [-0.15, -0.1) is 0 Å². The molecule has 0 aliphatic carbocycles. The first-order valence-electron chi connectivity index (χ1n) is 4.38. The number of nitrogens with two attached hydrogens (primary N) is 1.